The Morgan fingerprint density at radius 1 is 1.59 bits per heavy atom. The fraction of sp³-hybridized carbons (Fsp3) is 0.429. The minimum atomic E-state index is -0.162. The molecule has 0 saturated heterocycles. The SMILES string of the molecule is CCC(=O)OC1CCc2c1ccc(C#N)c2C. The summed E-state index contributed by atoms with van der Waals surface area (Å²) in [6, 6.07) is 5.91. The van der Waals surface area contributed by atoms with E-state index in [0.717, 1.165) is 24.0 Å². The number of esters is 1. The van der Waals surface area contributed by atoms with Crippen molar-refractivity contribution in [3.63, 3.8) is 0 Å². The molecular formula is C14H15NO2. The summed E-state index contributed by atoms with van der Waals surface area (Å²) >= 11 is 0. The Labute approximate surface area is 101 Å². The first-order valence-electron chi connectivity index (χ1n) is 5.89. The summed E-state index contributed by atoms with van der Waals surface area (Å²) in [5.74, 6) is -0.162. The Kier molecular flexibility index (Phi) is 3.14. The van der Waals surface area contributed by atoms with Crippen LogP contribution in [0.5, 0.6) is 0 Å². The van der Waals surface area contributed by atoms with E-state index >= 15 is 0 Å². The molecule has 17 heavy (non-hydrogen) atoms. The van der Waals surface area contributed by atoms with E-state index in [2.05, 4.69) is 6.07 Å². The molecule has 1 aromatic carbocycles. The van der Waals surface area contributed by atoms with Crippen molar-refractivity contribution < 1.29 is 9.53 Å². The Morgan fingerprint density at radius 3 is 3.00 bits per heavy atom. The second-order valence-electron chi connectivity index (χ2n) is 4.29. The van der Waals surface area contributed by atoms with E-state index in [0.29, 0.717) is 12.0 Å². The van der Waals surface area contributed by atoms with Gasteiger partial charge in [-0.05, 0) is 42.5 Å². The van der Waals surface area contributed by atoms with Gasteiger partial charge < -0.3 is 4.74 Å². The fourth-order valence-corrected chi connectivity index (χ4v) is 2.33. The smallest absolute Gasteiger partial charge is 0.306 e. The predicted molar refractivity (Wildman–Crippen MR) is 63.3 cm³/mol. The molecule has 0 fully saturated rings. The van der Waals surface area contributed by atoms with Crippen LogP contribution in [0, 0.1) is 18.3 Å². The monoisotopic (exact) mass is 229 g/mol. The van der Waals surface area contributed by atoms with Gasteiger partial charge in [0.25, 0.3) is 0 Å². The van der Waals surface area contributed by atoms with Gasteiger partial charge >= 0.3 is 5.97 Å². The lowest BCUT2D eigenvalue weighted by molar-refractivity contribution is -0.148. The van der Waals surface area contributed by atoms with Gasteiger partial charge in [0, 0.05) is 6.42 Å². The predicted octanol–water partition coefficient (Wildman–Crippen LogP) is 2.81. The summed E-state index contributed by atoms with van der Waals surface area (Å²) in [6.07, 6.45) is 2.00. The van der Waals surface area contributed by atoms with Crippen LogP contribution in [0.25, 0.3) is 0 Å². The van der Waals surface area contributed by atoms with Crippen molar-refractivity contribution in [1.29, 1.82) is 5.26 Å². The normalized spacial score (nSPS) is 17.4. The van der Waals surface area contributed by atoms with Gasteiger partial charge in [-0.25, -0.2) is 0 Å². The molecule has 0 bridgehead atoms. The molecule has 1 atom stereocenters. The van der Waals surface area contributed by atoms with Crippen LogP contribution in [0.4, 0.5) is 0 Å². The van der Waals surface area contributed by atoms with Gasteiger partial charge in [-0.3, -0.25) is 4.79 Å². The Morgan fingerprint density at radius 2 is 2.35 bits per heavy atom. The zero-order chi connectivity index (χ0) is 12.4. The van der Waals surface area contributed by atoms with Gasteiger partial charge in [0.05, 0.1) is 11.6 Å². The fourth-order valence-electron chi connectivity index (χ4n) is 2.33. The number of hydrogen-bond acceptors (Lipinski definition) is 3. The highest BCUT2D eigenvalue weighted by molar-refractivity contribution is 5.69. The van der Waals surface area contributed by atoms with E-state index in [9.17, 15) is 4.79 Å². The van der Waals surface area contributed by atoms with Crippen molar-refractivity contribution in [2.45, 2.75) is 39.2 Å². The highest BCUT2D eigenvalue weighted by atomic mass is 16.5. The van der Waals surface area contributed by atoms with Gasteiger partial charge in [0.2, 0.25) is 0 Å². The number of carbonyl (C=O) groups is 1. The van der Waals surface area contributed by atoms with Crippen LogP contribution in [0.1, 0.15) is 48.1 Å². The standard InChI is InChI=1S/C14H15NO2/c1-3-14(16)17-13-7-6-11-9(2)10(8-15)4-5-12(11)13/h4-5,13H,3,6-7H2,1-2H3. The van der Waals surface area contributed by atoms with Crippen LogP contribution >= 0.6 is 0 Å². The molecule has 0 N–H and O–H groups in total. The third kappa shape index (κ3) is 2.03. The molecule has 0 aromatic heterocycles. The molecular weight excluding hydrogens is 214 g/mol. The van der Waals surface area contributed by atoms with Crippen molar-refractivity contribution in [2.24, 2.45) is 0 Å². The Bertz CT molecular complexity index is 500. The topological polar surface area (TPSA) is 50.1 Å². The maximum atomic E-state index is 11.3. The molecule has 0 spiro atoms. The minimum absolute atomic E-state index is 0.121. The molecule has 0 heterocycles. The summed E-state index contributed by atoms with van der Waals surface area (Å²) in [5.41, 5.74) is 3.99. The quantitative estimate of drug-likeness (QED) is 0.733. The van der Waals surface area contributed by atoms with Crippen LogP contribution in [0.3, 0.4) is 0 Å². The first kappa shape index (κ1) is 11.7. The number of rotatable bonds is 2. The van der Waals surface area contributed by atoms with Gasteiger partial charge in [-0.2, -0.15) is 5.26 Å². The van der Waals surface area contributed by atoms with Crippen molar-refractivity contribution in [2.75, 3.05) is 0 Å². The molecule has 0 aliphatic heterocycles. The lowest BCUT2D eigenvalue weighted by Crippen LogP contribution is -2.07. The van der Waals surface area contributed by atoms with Crippen molar-refractivity contribution in [3.8, 4) is 6.07 Å². The zero-order valence-corrected chi connectivity index (χ0v) is 10.1. The molecule has 1 unspecified atom stereocenters. The number of nitrogens with zero attached hydrogens (tertiary/aromatic N) is 1. The third-order valence-electron chi connectivity index (χ3n) is 3.32. The second kappa shape index (κ2) is 4.58. The van der Waals surface area contributed by atoms with E-state index in [1.54, 1.807) is 6.92 Å². The van der Waals surface area contributed by atoms with Gasteiger partial charge in [0.15, 0.2) is 0 Å². The molecule has 2 rings (SSSR count). The summed E-state index contributed by atoms with van der Waals surface area (Å²) in [5, 5.41) is 8.96. The minimum Gasteiger partial charge on any atom is -0.457 e. The van der Waals surface area contributed by atoms with E-state index < -0.39 is 0 Å². The largest absolute Gasteiger partial charge is 0.457 e. The van der Waals surface area contributed by atoms with Crippen molar-refractivity contribution >= 4 is 5.97 Å². The van der Waals surface area contributed by atoms with Crippen LogP contribution in [0.2, 0.25) is 0 Å². The molecule has 0 amide bonds. The van der Waals surface area contributed by atoms with Gasteiger partial charge in [-0.1, -0.05) is 13.0 Å². The molecule has 3 heteroatoms. The average Bonchev–Trinajstić information content (AvgIpc) is 2.74. The van der Waals surface area contributed by atoms with Crippen LogP contribution in [0.15, 0.2) is 12.1 Å². The molecule has 1 aliphatic rings. The molecule has 1 aliphatic carbocycles. The van der Waals surface area contributed by atoms with Crippen LogP contribution < -0.4 is 0 Å². The maximum absolute atomic E-state index is 11.3. The molecule has 88 valence electrons. The molecule has 0 radical (unpaired) electrons. The second-order valence-corrected chi connectivity index (χ2v) is 4.29. The lowest BCUT2D eigenvalue weighted by Gasteiger charge is -2.13. The molecule has 1 aromatic rings. The number of carbonyl (C=O) groups excluding carboxylic acids is 1. The van der Waals surface area contributed by atoms with Gasteiger partial charge in [-0.15, -0.1) is 0 Å². The highest BCUT2D eigenvalue weighted by Gasteiger charge is 2.27. The number of benzene rings is 1. The van der Waals surface area contributed by atoms with Crippen LogP contribution in [-0.4, -0.2) is 5.97 Å². The Hall–Kier alpha value is -1.82. The van der Waals surface area contributed by atoms with Gasteiger partial charge in [0.1, 0.15) is 6.10 Å². The number of ether oxygens (including phenoxy) is 1. The number of fused-ring (bicyclic) bond motifs is 1. The van der Waals surface area contributed by atoms with E-state index in [1.165, 1.54) is 5.56 Å². The average molecular weight is 229 g/mol. The third-order valence-corrected chi connectivity index (χ3v) is 3.32. The first-order valence-corrected chi connectivity index (χ1v) is 5.89. The summed E-state index contributed by atoms with van der Waals surface area (Å²) < 4.78 is 5.39. The molecule has 0 saturated carbocycles. The van der Waals surface area contributed by atoms with E-state index in [1.807, 2.05) is 19.1 Å². The highest BCUT2D eigenvalue weighted by Crippen LogP contribution is 2.36. The summed E-state index contributed by atoms with van der Waals surface area (Å²) in [7, 11) is 0. The van der Waals surface area contributed by atoms with Crippen LogP contribution in [-0.2, 0) is 16.0 Å². The first-order chi connectivity index (χ1) is 8.17. The van der Waals surface area contributed by atoms with Crippen molar-refractivity contribution in [1.82, 2.24) is 0 Å². The summed E-state index contributed by atoms with van der Waals surface area (Å²) in [6.45, 7) is 3.75. The summed E-state index contributed by atoms with van der Waals surface area (Å²) in [4.78, 5) is 11.3. The molecule has 3 nitrogen and oxygen atoms in total. The van der Waals surface area contributed by atoms with E-state index in [-0.39, 0.29) is 12.1 Å². The van der Waals surface area contributed by atoms with E-state index in [4.69, 9.17) is 10.00 Å². The lowest BCUT2D eigenvalue weighted by atomic mass is 9.99. The Balaban J connectivity index is 2.31. The maximum Gasteiger partial charge on any atom is 0.306 e. The zero-order valence-electron chi connectivity index (χ0n) is 10.1. The number of hydrogen-bond donors (Lipinski definition) is 0. The number of nitriles is 1. The van der Waals surface area contributed by atoms with Crippen molar-refractivity contribution in [3.05, 3.63) is 34.4 Å².